The summed E-state index contributed by atoms with van der Waals surface area (Å²) in [5.74, 6) is 0. The fraction of sp³-hybridized carbons (Fsp3) is 0.143. The van der Waals surface area contributed by atoms with Gasteiger partial charge in [-0.15, -0.1) is 0 Å². The fourth-order valence-electron chi connectivity index (χ4n) is 1.63. The van der Waals surface area contributed by atoms with E-state index in [4.69, 9.17) is 11.6 Å². The minimum atomic E-state index is -0.554. The Balaban J connectivity index is 2.01. The van der Waals surface area contributed by atoms with Gasteiger partial charge in [0.05, 0.1) is 16.8 Å². The van der Waals surface area contributed by atoms with E-state index >= 15 is 0 Å². The van der Waals surface area contributed by atoms with Gasteiger partial charge in [0.15, 0.2) is 0 Å². The standard InChI is InChI=1S/C14H13BrClNO/c15-11-6-7-12(16)13(8-11)17-9-14(18)10-4-2-1-3-5-10/h1-8,14,17-18H,9H2. The summed E-state index contributed by atoms with van der Waals surface area (Å²) >= 11 is 9.45. The molecule has 18 heavy (non-hydrogen) atoms. The first kappa shape index (κ1) is 13.4. The number of hydrogen-bond acceptors (Lipinski definition) is 2. The van der Waals surface area contributed by atoms with E-state index in [2.05, 4.69) is 21.2 Å². The molecule has 2 aromatic carbocycles. The largest absolute Gasteiger partial charge is 0.387 e. The minimum absolute atomic E-state index is 0.417. The molecule has 0 saturated carbocycles. The summed E-state index contributed by atoms with van der Waals surface area (Å²) in [6.45, 7) is 0.417. The molecule has 0 aliphatic rings. The molecular formula is C14H13BrClNO. The summed E-state index contributed by atoms with van der Waals surface area (Å²) in [6, 6.07) is 15.1. The lowest BCUT2D eigenvalue weighted by Gasteiger charge is -2.14. The Bertz CT molecular complexity index is 518. The fourth-order valence-corrected chi connectivity index (χ4v) is 2.18. The van der Waals surface area contributed by atoms with Gasteiger partial charge in [0, 0.05) is 11.0 Å². The Hall–Kier alpha value is -1.03. The maximum absolute atomic E-state index is 10.0. The van der Waals surface area contributed by atoms with Crippen molar-refractivity contribution in [2.24, 2.45) is 0 Å². The monoisotopic (exact) mass is 325 g/mol. The van der Waals surface area contributed by atoms with Crippen LogP contribution in [0, 0.1) is 0 Å². The third kappa shape index (κ3) is 3.48. The zero-order valence-electron chi connectivity index (χ0n) is 9.61. The number of aliphatic hydroxyl groups excluding tert-OH is 1. The van der Waals surface area contributed by atoms with E-state index in [1.54, 1.807) is 0 Å². The van der Waals surface area contributed by atoms with E-state index in [-0.39, 0.29) is 0 Å². The lowest BCUT2D eigenvalue weighted by Crippen LogP contribution is -2.12. The molecule has 0 spiro atoms. The number of aliphatic hydroxyl groups is 1. The van der Waals surface area contributed by atoms with Crippen LogP contribution < -0.4 is 5.32 Å². The molecule has 2 aromatic rings. The van der Waals surface area contributed by atoms with E-state index in [9.17, 15) is 5.11 Å². The highest BCUT2D eigenvalue weighted by Crippen LogP contribution is 2.26. The average Bonchev–Trinajstić information content (AvgIpc) is 2.40. The van der Waals surface area contributed by atoms with Crippen LogP contribution in [0.3, 0.4) is 0 Å². The number of anilines is 1. The molecule has 94 valence electrons. The maximum Gasteiger partial charge on any atom is 0.0962 e. The summed E-state index contributed by atoms with van der Waals surface area (Å²) in [5.41, 5.74) is 1.69. The molecule has 0 aliphatic carbocycles. The van der Waals surface area contributed by atoms with Crippen molar-refractivity contribution in [3.8, 4) is 0 Å². The Morgan fingerprint density at radius 1 is 1.17 bits per heavy atom. The van der Waals surface area contributed by atoms with Crippen molar-refractivity contribution in [2.45, 2.75) is 6.10 Å². The van der Waals surface area contributed by atoms with Gasteiger partial charge in [0.1, 0.15) is 0 Å². The van der Waals surface area contributed by atoms with E-state index in [0.29, 0.717) is 11.6 Å². The van der Waals surface area contributed by atoms with Gasteiger partial charge in [-0.25, -0.2) is 0 Å². The third-order valence-electron chi connectivity index (χ3n) is 2.60. The second-order valence-corrected chi connectivity index (χ2v) is 5.25. The van der Waals surface area contributed by atoms with Crippen LogP contribution in [0.25, 0.3) is 0 Å². The SMILES string of the molecule is OC(CNc1cc(Br)ccc1Cl)c1ccccc1. The predicted molar refractivity (Wildman–Crippen MR) is 79.0 cm³/mol. The minimum Gasteiger partial charge on any atom is -0.387 e. The molecule has 0 saturated heterocycles. The van der Waals surface area contributed by atoms with Crippen molar-refractivity contribution in [1.29, 1.82) is 0 Å². The highest BCUT2D eigenvalue weighted by atomic mass is 79.9. The number of rotatable bonds is 4. The van der Waals surface area contributed by atoms with Crippen LogP contribution in [-0.2, 0) is 0 Å². The van der Waals surface area contributed by atoms with Crippen molar-refractivity contribution < 1.29 is 5.11 Å². The Morgan fingerprint density at radius 2 is 1.89 bits per heavy atom. The van der Waals surface area contributed by atoms with Gasteiger partial charge in [-0.1, -0.05) is 57.9 Å². The maximum atomic E-state index is 10.0. The summed E-state index contributed by atoms with van der Waals surface area (Å²) in [7, 11) is 0. The summed E-state index contributed by atoms with van der Waals surface area (Å²) in [6.07, 6.45) is -0.554. The third-order valence-corrected chi connectivity index (χ3v) is 3.42. The highest BCUT2D eigenvalue weighted by molar-refractivity contribution is 9.10. The molecule has 2 rings (SSSR count). The van der Waals surface area contributed by atoms with Crippen LogP contribution in [0.15, 0.2) is 53.0 Å². The van der Waals surface area contributed by atoms with Crippen LogP contribution in [0.4, 0.5) is 5.69 Å². The van der Waals surface area contributed by atoms with Gasteiger partial charge >= 0.3 is 0 Å². The van der Waals surface area contributed by atoms with Gasteiger partial charge in [-0.3, -0.25) is 0 Å². The first-order valence-corrected chi connectivity index (χ1v) is 6.76. The van der Waals surface area contributed by atoms with Crippen LogP contribution in [-0.4, -0.2) is 11.7 Å². The number of halogens is 2. The Labute approximate surface area is 120 Å². The predicted octanol–water partition coefficient (Wildman–Crippen LogP) is 4.25. The normalized spacial score (nSPS) is 12.2. The number of benzene rings is 2. The summed E-state index contributed by atoms with van der Waals surface area (Å²) < 4.78 is 0.948. The van der Waals surface area contributed by atoms with Gasteiger partial charge < -0.3 is 10.4 Å². The van der Waals surface area contributed by atoms with Crippen LogP contribution in [0.2, 0.25) is 5.02 Å². The molecule has 2 nitrogen and oxygen atoms in total. The van der Waals surface area contributed by atoms with E-state index in [1.165, 1.54) is 0 Å². The lowest BCUT2D eigenvalue weighted by atomic mass is 10.1. The molecule has 2 N–H and O–H groups in total. The molecule has 0 radical (unpaired) electrons. The van der Waals surface area contributed by atoms with Gasteiger partial charge in [0.25, 0.3) is 0 Å². The van der Waals surface area contributed by atoms with E-state index < -0.39 is 6.10 Å². The van der Waals surface area contributed by atoms with Crippen molar-refractivity contribution in [3.63, 3.8) is 0 Å². The zero-order valence-corrected chi connectivity index (χ0v) is 11.9. The molecule has 0 amide bonds. The van der Waals surface area contributed by atoms with E-state index in [1.807, 2.05) is 48.5 Å². The van der Waals surface area contributed by atoms with E-state index in [0.717, 1.165) is 15.7 Å². The first-order valence-electron chi connectivity index (χ1n) is 5.59. The number of hydrogen-bond donors (Lipinski definition) is 2. The molecule has 0 aromatic heterocycles. The lowest BCUT2D eigenvalue weighted by molar-refractivity contribution is 0.191. The zero-order chi connectivity index (χ0) is 13.0. The van der Waals surface area contributed by atoms with Crippen LogP contribution in [0.5, 0.6) is 0 Å². The van der Waals surface area contributed by atoms with Gasteiger partial charge in [0.2, 0.25) is 0 Å². The summed E-state index contributed by atoms with van der Waals surface area (Å²) in [5, 5.41) is 13.8. The number of nitrogens with one attached hydrogen (secondary N) is 1. The van der Waals surface area contributed by atoms with Gasteiger partial charge in [-0.2, -0.15) is 0 Å². The van der Waals surface area contributed by atoms with Crippen LogP contribution >= 0.6 is 27.5 Å². The molecule has 0 fully saturated rings. The van der Waals surface area contributed by atoms with Crippen molar-refractivity contribution >= 4 is 33.2 Å². The quantitative estimate of drug-likeness (QED) is 0.880. The molecule has 0 bridgehead atoms. The molecule has 4 heteroatoms. The molecule has 1 unspecified atom stereocenters. The second-order valence-electron chi connectivity index (χ2n) is 3.93. The molecule has 0 aliphatic heterocycles. The van der Waals surface area contributed by atoms with Crippen molar-refractivity contribution in [2.75, 3.05) is 11.9 Å². The molecule has 1 atom stereocenters. The highest BCUT2D eigenvalue weighted by Gasteiger charge is 2.07. The van der Waals surface area contributed by atoms with Crippen molar-refractivity contribution in [1.82, 2.24) is 0 Å². The van der Waals surface area contributed by atoms with Crippen molar-refractivity contribution in [3.05, 3.63) is 63.6 Å². The molecule has 0 heterocycles. The molecular weight excluding hydrogens is 314 g/mol. The van der Waals surface area contributed by atoms with Gasteiger partial charge in [-0.05, 0) is 23.8 Å². The summed E-state index contributed by atoms with van der Waals surface area (Å²) in [4.78, 5) is 0. The first-order chi connectivity index (χ1) is 8.66. The Kier molecular flexibility index (Phi) is 4.64. The second kappa shape index (κ2) is 6.23. The van der Waals surface area contributed by atoms with Crippen LogP contribution in [0.1, 0.15) is 11.7 Å². The topological polar surface area (TPSA) is 32.3 Å². The Morgan fingerprint density at radius 3 is 2.61 bits per heavy atom. The average molecular weight is 327 g/mol. The smallest absolute Gasteiger partial charge is 0.0962 e.